The second kappa shape index (κ2) is 6.75. The summed E-state index contributed by atoms with van der Waals surface area (Å²) >= 11 is 0. The first-order chi connectivity index (χ1) is 8.91. The molecule has 1 rings (SSSR count). The van der Waals surface area contributed by atoms with Crippen molar-refractivity contribution in [3.8, 4) is 0 Å². The van der Waals surface area contributed by atoms with Crippen LogP contribution in [0.15, 0.2) is 30.3 Å². The molecule has 0 bridgehead atoms. The van der Waals surface area contributed by atoms with Gasteiger partial charge in [-0.3, -0.25) is 4.79 Å². The van der Waals surface area contributed by atoms with Crippen molar-refractivity contribution in [2.45, 2.75) is 19.1 Å². The first-order valence-corrected chi connectivity index (χ1v) is 5.95. The summed E-state index contributed by atoms with van der Waals surface area (Å²) < 4.78 is 0. The van der Waals surface area contributed by atoms with Crippen LogP contribution in [0.1, 0.15) is 18.5 Å². The molecule has 6 nitrogen and oxygen atoms in total. The molecule has 104 valence electrons. The van der Waals surface area contributed by atoms with Gasteiger partial charge in [-0.2, -0.15) is 0 Å². The molecular formula is C13H19N3O3. The van der Waals surface area contributed by atoms with E-state index in [1.165, 1.54) is 4.90 Å². The Morgan fingerprint density at radius 1 is 1.37 bits per heavy atom. The average Bonchev–Trinajstić information content (AvgIpc) is 2.35. The van der Waals surface area contributed by atoms with Gasteiger partial charge >= 0.3 is 6.03 Å². The van der Waals surface area contributed by atoms with E-state index in [-0.39, 0.29) is 12.5 Å². The lowest BCUT2D eigenvalue weighted by Crippen LogP contribution is -2.44. The highest BCUT2D eigenvalue weighted by molar-refractivity contribution is 5.87. The van der Waals surface area contributed by atoms with Crippen molar-refractivity contribution in [2.24, 2.45) is 5.73 Å². The standard InChI is InChI=1S/C13H19N3O3/c1-9(17)8-16(2)12(18)11(15-13(14)19)10-6-4-3-5-7-10/h3-7,9,11,17H,8H2,1-2H3,(H3,14,15,19). The average molecular weight is 265 g/mol. The largest absolute Gasteiger partial charge is 0.392 e. The Bertz CT molecular complexity index is 434. The minimum atomic E-state index is -0.845. The number of primary amides is 1. The minimum absolute atomic E-state index is 0.183. The summed E-state index contributed by atoms with van der Waals surface area (Å²) in [5, 5.41) is 11.7. The van der Waals surface area contributed by atoms with Gasteiger partial charge in [0.2, 0.25) is 5.91 Å². The van der Waals surface area contributed by atoms with Crippen LogP contribution in [0, 0.1) is 0 Å². The molecule has 0 radical (unpaired) electrons. The van der Waals surface area contributed by atoms with Gasteiger partial charge in [0.05, 0.1) is 6.10 Å². The maximum atomic E-state index is 12.3. The number of amides is 3. The topological polar surface area (TPSA) is 95.7 Å². The number of aliphatic hydroxyl groups is 1. The third-order valence-corrected chi connectivity index (χ3v) is 2.58. The van der Waals surface area contributed by atoms with Crippen molar-refractivity contribution < 1.29 is 14.7 Å². The Balaban J connectivity index is 2.91. The van der Waals surface area contributed by atoms with Crippen molar-refractivity contribution in [3.63, 3.8) is 0 Å². The quantitative estimate of drug-likeness (QED) is 0.711. The summed E-state index contributed by atoms with van der Waals surface area (Å²) in [5.41, 5.74) is 5.74. The zero-order chi connectivity index (χ0) is 14.4. The lowest BCUT2D eigenvalue weighted by molar-refractivity contribution is -0.133. The number of nitrogens with one attached hydrogen (secondary N) is 1. The first kappa shape index (κ1) is 15.0. The summed E-state index contributed by atoms with van der Waals surface area (Å²) in [6, 6.07) is 7.20. The molecule has 0 fully saturated rings. The highest BCUT2D eigenvalue weighted by Gasteiger charge is 2.25. The number of nitrogens with two attached hydrogens (primary N) is 1. The van der Waals surface area contributed by atoms with E-state index >= 15 is 0 Å². The van der Waals surface area contributed by atoms with Crippen molar-refractivity contribution >= 4 is 11.9 Å². The molecule has 1 aromatic rings. The molecule has 0 saturated carbocycles. The van der Waals surface area contributed by atoms with Crippen LogP contribution < -0.4 is 11.1 Å². The van der Waals surface area contributed by atoms with E-state index in [1.54, 1.807) is 38.2 Å². The van der Waals surface area contributed by atoms with Gasteiger partial charge in [-0.15, -0.1) is 0 Å². The normalized spacial score (nSPS) is 13.4. The molecule has 4 N–H and O–H groups in total. The predicted molar refractivity (Wildman–Crippen MR) is 71.2 cm³/mol. The fourth-order valence-electron chi connectivity index (χ4n) is 1.78. The highest BCUT2D eigenvalue weighted by atomic mass is 16.3. The third-order valence-electron chi connectivity index (χ3n) is 2.58. The molecule has 0 aliphatic heterocycles. The Morgan fingerprint density at radius 2 is 1.95 bits per heavy atom. The smallest absolute Gasteiger partial charge is 0.313 e. The van der Waals surface area contributed by atoms with Gasteiger partial charge in [0.25, 0.3) is 0 Å². The van der Waals surface area contributed by atoms with Gasteiger partial charge in [-0.1, -0.05) is 30.3 Å². The Morgan fingerprint density at radius 3 is 2.42 bits per heavy atom. The minimum Gasteiger partial charge on any atom is -0.392 e. The summed E-state index contributed by atoms with van der Waals surface area (Å²) in [7, 11) is 1.56. The molecule has 0 spiro atoms. The second-order valence-electron chi connectivity index (χ2n) is 4.42. The van der Waals surface area contributed by atoms with E-state index in [2.05, 4.69) is 5.32 Å². The fourth-order valence-corrected chi connectivity index (χ4v) is 1.78. The Hall–Kier alpha value is -2.08. The van der Waals surface area contributed by atoms with Crippen molar-refractivity contribution in [3.05, 3.63) is 35.9 Å². The molecule has 0 aliphatic rings. The van der Waals surface area contributed by atoms with Gasteiger partial charge in [0.1, 0.15) is 6.04 Å². The number of carbonyl (C=O) groups is 2. The van der Waals surface area contributed by atoms with E-state index < -0.39 is 18.2 Å². The second-order valence-corrected chi connectivity index (χ2v) is 4.42. The number of nitrogens with zero attached hydrogens (tertiary/aromatic N) is 1. The van der Waals surface area contributed by atoms with E-state index in [1.807, 2.05) is 6.07 Å². The van der Waals surface area contributed by atoms with Crippen molar-refractivity contribution in [2.75, 3.05) is 13.6 Å². The number of carbonyl (C=O) groups excluding carboxylic acids is 2. The van der Waals surface area contributed by atoms with Crippen LogP contribution in [0.4, 0.5) is 4.79 Å². The van der Waals surface area contributed by atoms with Gasteiger partial charge in [-0.05, 0) is 12.5 Å². The van der Waals surface area contributed by atoms with E-state index in [9.17, 15) is 14.7 Å². The summed E-state index contributed by atoms with van der Waals surface area (Å²) in [4.78, 5) is 24.6. The van der Waals surface area contributed by atoms with E-state index in [0.29, 0.717) is 5.56 Å². The number of rotatable bonds is 5. The maximum Gasteiger partial charge on any atom is 0.313 e. The number of aliphatic hydroxyl groups excluding tert-OH is 1. The zero-order valence-electron chi connectivity index (χ0n) is 11.0. The number of likely N-dealkylation sites (N-methyl/N-ethyl adjacent to an activating group) is 1. The molecular weight excluding hydrogens is 246 g/mol. The third kappa shape index (κ3) is 4.59. The molecule has 19 heavy (non-hydrogen) atoms. The van der Waals surface area contributed by atoms with Crippen molar-refractivity contribution in [1.82, 2.24) is 10.2 Å². The molecule has 0 saturated heterocycles. The molecule has 6 heteroatoms. The number of hydrogen-bond donors (Lipinski definition) is 3. The molecule has 2 atom stereocenters. The van der Waals surface area contributed by atoms with Gasteiger partial charge in [-0.25, -0.2) is 4.79 Å². The number of hydrogen-bond acceptors (Lipinski definition) is 3. The van der Waals surface area contributed by atoms with Crippen molar-refractivity contribution in [1.29, 1.82) is 0 Å². The maximum absolute atomic E-state index is 12.3. The zero-order valence-corrected chi connectivity index (χ0v) is 11.0. The lowest BCUT2D eigenvalue weighted by atomic mass is 10.1. The van der Waals surface area contributed by atoms with Gasteiger partial charge in [0, 0.05) is 13.6 Å². The van der Waals surface area contributed by atoms with Crippen LogP contribution in [-0.2, 0) is 4.79 Å². The summed E-state index contributed by atoms with van der Waals surface area (Å²) in [6.07, 6.45) is -0.640. The molecule has 1 aromatic carbocycles. The first-order valence-electron chi connectivity index (χ1n) is 5.95. The molecule has 2 unspecified atom stereocenters. The summed E-state index contributed by atoms with van der Waals surface area (Å²) in [6.45, 7) is 1.77. The molecule has 0 heterocycles. The van der Waals surface area contributed by atoms with Crippen LogP contribution >= 0.6 is 0 Å². The molecule has 0 aromatic heterocycles. The molecule has 3 amide bonds. The van der Waals surface area contributed by atoms with Crippen LogP contribution in [0.3, 0.4) is 0 Å². The number of urea groups is 1. The summed E-state index contributed by atoms with van der Waals surface area (Å²) in [5.74, 6) is -0.328. The van der Waals surface area contributed by atoms with Crippen LogP contribution in [0.25, 0.3) is 0 Å². The van der Waals surface area contributed by atoms with Gasteiger partial charge in [0.15, 0.2) is 0 Å². The predicted octanol–water partition coefficient (Wildman–Crippen LogP) is 0.235. The number of benzene rings is 1. The van der Waals surface area contributed by atoms with E-state index in [4.69, 9.17) is 5.73 Å². The van der Waals surface area contributed by atoms with Crippen LogP contribution in [0.2, 0.25) is 0 Å². The highest BCUT2D eigenvalue weighted by Crippen LogP contribution is 2.15. The van der Waals surface area contributed by atoms with Crippen LogP contribution in [0.5, 0.6) is 0 Å². The SMILES string of the molecule is CC(O)CN(C)C(=O)C(NC(N)=O)c1ccccc1. The van der Waals surface area contributed by atoms with Crippen LogP contribution in [-0.4, -0.2) is 41.6 Å². The lowest BCUT2D eigenvalue weighted by Gasteiger charge is -2.25. The molecule has 0 aliphatic carbocycles. The monoisotopic (exact) mass is 265 g/mol. The Kier molecular flexibility index (Phi) is 5.32. The van der Waals surface area contributed by atoms with Gasteiger partial charge < -0.3 is 21.1 Å². The fraction of sp³-hybridized carbons (Fsp3) is 0.385. The Labute approximate surface area is 112 Å². The van der Waals surface area contributed by atoms with E-state index in [0.717, 1.165) is 0 Å².